The third kappa shape index (κ3) is 3.54. The van der Waals surface area contributed by atoms with Crippen molar-refractivity contribution in [3.63, 3.8) is 0 Å². The number of hydrogen-bond acceptors (Lipinski definition) is 5. The number of fused-ring (bicyclic) bond motifs is 1. The summed E-state index contributed by atoms with van der Waals surface area (Å²) in [4.78, 5) is 24.5. The Kier molecular flexibility index (Phi) is 5.20. The van der Waals surface area contributed by atoms with Gasteiger partial charge >= 0.3 is 11.9 Å². The van der Waals surface area contributed by atoms with Crippen LogP contribution in [0.4, 0.5) is 0 Å². The van der Waals surface area contributed by atoms with Crippen LogP contribution in [0, 0.1) is 6.92 Å². The highest BCUT2D eigenvalue weighted by molar-refractivity contribution is 6.36. The largest absolute Gasteiger partial charge is 0.462 e. The lowest BCUT2D eigenvalue weighted by molar-refractivity contribution is 0.0526. The maximum Gasteiger partial charge on any atom is 0.345 e. The Morgan fingerprint density at radius 1 is 1.08 bits per heavy atom. The number of carbonyl (C=O) groups is 2. The van der Waals surface area contributed by atoms with Crippen molar-refractivity contribution in [1.82, 2.24) is 0 Å². The van der Waals surface area contributed by atoms with Crippen molar-refractivity contribution in [3.05, 3.63) is 63.3 Å². The van der Waals surface area contributed by atoms with Gasteiger partial charge in [-0.15, -0.1) is 0 Å². The van der Waals surface area contributed by atoms with E-state index in [0.717, 1.165) is 0 Å². The molecule has 0 aliphatic heterocycles. The van der Waals surface area contributed by atoms with Crippen LogP contribution in [0.15, 0.2) is 40.8 Å². The molecule has 0 aliphatic carbocycles. The molecule has 0 fully saturated rings. The van der Waals surface area contributed by atoms with Gasteiger partial charge in [-0.25, -0.2) is 9.59 Å². The van der Waals surface area contributed by atoms with Crippen LogP contribution in [0.5, 0.6) is 5.75 Å². The number of rotatable bonds is 4. The highest BCUT2D eigenvalue weighted by Gasteiger charge is 2.21. The average molecular weight is 393 g/mol. The van der Waals surface area contributed by atoms with Crippen molar-refractivity contribution in [2.75, 3.05) is 6.61 Å². The van der Waals surface area contributed by atoms with Gasteiger partial charge in [0.2, 0.25) is 0 Å². The molecular formula is C19H14Cl2O5. The first-order valence-corrected chi connectivity index (χ1v) is 8.53. The van der Waals surface area contributed by atoms with E-state index in [0.29, 0.717) is 27.3 Å². The van der Waals surface area contributed by atoms with Crippen LogP contribution < -0.4 is 4.74 Å². The molecule has 1 aromatic heterocycles. The summed E-state index contributed by atoms with van der Waals surface area (Å²) in [5, 5.41) is 1.12. The quantitative estimate of drug-likeness (QED) is 0.436. The van der Waals surface area contributed by atoms with Crippen molar-refractivity contribution >= 4 is 46.1 Å². The molecule has 0 saturated carbocycles. The van der Waals surface area contributed by atoms with Gasteiger partial charge in [0.1, 0.15) is 22.7 Å². The maximum absolute atomic E-state index is 12.3. The first-order chi connectivity index (χ1) is 12.4. The summed E-state index contributed by atoms with van der Waals surface area (Å²) < 4.78 is 16.0. The summed E-state index contributed by atoms with van der Waals surface area (Å²) in [6, 6.07) is 9.24. The summed E-state index contributed by atoms with van der Waals surface area (Å²) in [5.41, 5.74) is 0.990. The Bertz CT molecular complexity index is 1010. The zero-order valence-corrected chi connectivity index (χ0v) is 15.5. The van der Waals surface area contributed by atoms with E-state index in [-0.39, 0.29) is 22.9 Å². The van der Waals surface area contributed by atoms with Gasteiger partial charge in [0.15, 0.2) is 0 Å². The topological polar surface area (TPSA) is 65.7 Å². The molecule has 0 amide bonds. The molecule has 26 heavy (non-hydrogen) atoms. The maximum atomic E-state index is 12.3. The molecule has 7 heteroatoms. The Morgan fingerprint density at radius 2 is 1.85 bits per heavy atom. The third-order valence-electron chi connectivity index (χ3n) is 3.68. The summed E-state index contributed by atoms with van der Waals surface area (Å²) in [6.45, 7) is 3.64. The molecule has 2 aromatic carbocycles. The second kappa shape index (κ2) is 7.40. The van der Waals surface area contributed by atoms with E-state index >= 15 is 0 Å². The number of halogens is 2. The molecule has 0 N–H and O–H groups in total. The molecule has 1 heterocycles. The molecule has 0 atom stereocenters. The number of furan rings is 1. The monoisotopic (exact) mass is 392 g/mol. The number of aryl methyl sites for hydroxylation is 1. The van der Waals surface area contributed by atoms with E-state index in [4.69, 9.17) is 37.1 Å². The van der Waals surface area contributed by atoms with Crippen molar-refractivity contribution < 1.29 is 23.5 Å². The van der Waals surface area contributed by atoms with E-state index in [1.54, 1.807) is 38.1 Å². The van der Waals surface area contributed by atoms with Crippen LogP contribution in [-0.4, -0.2) is 18.5 Å². The lowest BCUT2D eigenvalue weighted by atomic mass is 10.1. The van der Waals surface area contributed by atoms with Gasteiger partial charge in [-0.05, 0) is 50.2 Å². The van der Waals surface area contributed by atoms with Gasteiger partial charge in [0.05, 0.1) is 17.2 Å². The molecule has 134 valence electrons. The zero-order valence-electron chi connectivity index (χ0n) is 14.0. The Morgan fingerprint density at radius 3 is 2.54 bits per heavy atom. The van der Waals surface area contributed by atoms with Gasteiger partial charge in [-0.2, -0.15) is 0 Å². The molecule has 0 aliphatic rings. The fourth-order valence-corrected chi connectivity index (χ4v) is 3.02. The summed E-state index contributed by atoms with van der Waals surface area (Å²) in [6.07, 6.45) is 0. The molecular weight excluding hydrogens is 379 g/mol. The molecule has 3 aromatic rings. The molecule has 0 spiro atoms. The second-order valence-electron chi connectivity index (χ2n) is 5.43. The predicted octanol–water partition coefficient (Wildman–Crippen LogP) is 5.44. The fourth-order valence-electron chi connectivity index (χ4n) is 2.54. The Balaban J connectivity index is 1.94. The van der Waals surface area contributed by atoms with Crippen molar-refractivity contribution in [2.45, 2.75) is 13.8 Å². The minimum atomic E-state index is -0.635. The number of carbonyl (C=O) groups excluding carboxylic acids is 2. The van der Waals surface area contributed by atoms with Crippen LogP contribution in [0.25, 0.3) is 11.0 Å². The van der Waals surface area contributed by atoms with Crippen LogP contribution >= 0.6 is 23.2 Å². The average Bonchev–Trinajstić information content (AvgIpc) is 2.90. The molecule has 0 radical (unpaired) electrons. The van der Waals surface area contributed by atoms with Gasteiger partial charge in [-0.3, -0.25) is 0 Å². The normalized spacial score (nSPS) is 10.8. The van der Waals surface area contributed by atoms with Crippen molar-refractivity contribution in [3.8, 4) is 5.75 Å². The van der Waals surface area contributed by atoms with Crippen molar-refractivity contribution in [1.29, 1.82) is 0 Å². The van der Waals surface area contributed by atoms with E-state index < -0.39 is 11.9 Å². The third-order valence-corrected chi connectivity index (χ3v) is 4.22. The van der Waals surface area contributed by atoms with E-state index in [1.807, 2.05) is 0 Å². The molecule has 0 unspecified atom stereocenters. The van der Waals surface area contributed by atoms with Crippen LogP contribution in [-0.2, 0) is 4.74 Å². The van der Waals surface area contributed by atoms with Gasteiger partial charge in [0, 0.05) is 10.4 Å². The predicted molar refractivity (Wildman–Crippen MR) is 98.3 cm³/mol. The van der Waals surface area contributed by atoms with Gasteiger partial charge < -0.3 is 13.9 Å². The fraction of sp³-hybridized carbons (Fsp3) is 0.158. The summed E-state index contributed by atoms with van der Waals surface area (Å²) in [7, 11) is 0. The van der Waals surface area contributed by atoms with E-state index in [2.05, 4.69) is 0 Å². The smallest absolute Gasteiger partial charge is 0.345 e. The lowest BCUT2D eigenvalue weighted by Gasteiger charge is -2.06. The van der Waals surface area contributed by atoms with Crippen LogP contribution in [0.3, 0.4) is 0 Å². The van der Waals surface area contributed by atoms with E-state index in [1.165, 1.54) is 12.1 Å². The second-order valence-corrected chi connectivity index (χ2v) is 6.27. The highest BCUT2D eigenvalue weighted by Crippen LogP contribution is 2.30. The number of hydrogen-bond donors (Lipinski definition) is 0. The SMILES string of the molecule is CCOC(=O)c1c(C)oc2ccc(OC(=O)c3ccc(Cl)cc3Cl)cc12. The Hall–Kier alpha value is -2.50. The molecule has 0 saturated heterocycles. The standard InChI is InChI=1S/C19H14Cl2O5/c1-3-24-19(23)17-10(2)25-16-7-5-12(9-14(16)17)26-18(22)13-6-4-11(20)8-15(13)21/h4-9H,3H2,1-2H3. The van der Waals surface area contributed by atoms with Crippen LogP contribution in [0.1, 0.15) is 33.4 Å². The van der Waals surface area contributed by atoms with Crippen LogP contribution in [0.2, 0.25) is 10.0 Å². The Labute approximate surface area is 159 Å². The zero-order chi connectivity index (χ0) is 18.8. The number of esters is 2. The lowest BCUT2D eigenvalue weighted by Crippen LogP contribution is -2.09. The van der Waals surface area contributed by atoms with Crippen molar-refractivity contribution in [2.24, 2.45) is 0 Å². The molecule has 3 rings (SSSR count). The van der Waals surface area contributed by atoms with E-state index in [9.17, 15) is 9.59 Å². The first-order valence-electron chi connectivity index (χ1n) is 7.78. The first kappa shape index (κ1) is 18.3. The number of ether oxygens (including phenoxy) is 2. The summed E-state index contributed by atoms with van der Waals surface area (Å²) in [5.74, 6) is -0.445. The van der Waals surface area contributed by atoms with Gasteiger partial charge in [0.25, 0.3) is 0 Å². The minimum Gasteiger partial charge on any atom is -0.462 e. The summed E-state index contributed by atoms with van der Waals surface area (Å²) >= 11 is 11.9. The minimum absolute atomic E-state index is 0.185. The highest BCUT2D eigenvalue weighted by atomic mass is 35.5. The number of benzene rings is 2. The molecule has 5 nitrogen and oxygen atoms in total. The van der Waals surface area contributed by atoms with Gasteiger partial charge in [-0.1, -0.05) is 23.2 Å². The molecule has 0 bridgehead atoms.